The minimum atomic E-state index is -1.47. The van der Waals surface area contributed by atoms with Gasteiger partial charge in [0.05, 0.1) is 4.92 Å². The first-order chi connectivity index (χ1) is 9.31. The highest BCUT2D eigenvalue weighted by Crippen LogP contribution is 2.30. The number of rotatable bonds is 7. The van der Waals surface area contributed by atoms with Gasteiger partial charge in [-0.15, -0.1) is 0 Å². The summed E-state index contributed by atoms with van der Waals surface area (Å²) in [6.07, 6.45) is 0. The number of carbonyl (C=O) groups is 1. The fourth-order valence-electron chi connectivity index (χ4n) is 1.58. The number of carboxylic acid groups (broad SMARTS) is 1. The summed E-state index contributed by atoms with van der Waals surface area (Å²) in [5.74, 6) is -2.68. The molecule has 0 aliphatic carbocycles. The fraction of sp³-hybridized carbons (Fsp3) is 0.417. The van der Waals surface area contributed by atoms with Crippen LogP contribution in [0.5, 0.6) is 5.75 Å². The van der Waals surface area contributed by atoms with E-state index < -0.39 is 40.3 Å². The Morgan fingerprint density at radius 2 is 2.25 bits per heavy atom. The number of ether oxygens (including phenoxy) is 1. The second-order valence-electron chi connectivity index (χ2n) is 4.30. The van der Waals surface area contributed by atoms with E-state index in [1.165, 1.54) is 13.0 Å². The van der Waals surface area contributed by atoms with E-state index >= 15 is 0 Å². The molecule has 1 rings (SSSR count). The summed E-state index contributed by atoms with van der Waals surface area (Å²) in [4.78, 5) is 21.2. The highest BCUT2D eigenvalue weighted by atomic mass is 19.1. The molecule has 0 amide bonds. The second kappa shape index (κ2) is 6.29. The third kappa shape index (κ3) is 3.41. The Balaban J connectivity index is 2.99. The summed E-state index contributed by atoms with van der Waals surface area (Å²) < 4.78 is 18.6. The molecule has 0 aromatic heterocycles. The maximum Gasteiger partial charge on any atom is 0.327 e. The molecule has 0 radical (unpaired) electrons. The van der Waals surface area contributed by atoms with Crippen molar-refractivity contribution in [3.05, 3.63) is 34.1 Å². The van der Waals surface area contributed by atoms with E-state index in [-0.39, 0.29) is 0 Å². The molecule has 0 spiro atoms. The molecular formula is C12H15FN2O5. The van der Waals surface area contributed by atoms with Crippen molar-refractivity contribution in [3.8, 4) is 5.75 Å². The van der Waals surface area contributed by atoms with E-state index in [0.717, 1.165) is 12.1 Å². The number of para-hydroxylation sites is 1. The van der Waals surface area contributed by atoms with Crippen LogP contribution in [0.4, 0.5) is 10.1 Å². The molecule has 2 N–H and O–H groups in total. The molecule has 0 fully saturated rings. The Morgan fingerprint density at radius 3 is 2.75 bits per heavy atom. The smallest absolute Gasteiger partial charge is 0.327 e. The monoisotopic (exact) mass is 286 g/mol. The average Bonchev–Trinajstić information content (AvgIpc) is 2.37. The summed E-state index contributed by atoms with van der Waals surface area (Å²) in [6, 6.07) is 3.28. The van der Waals surface area contributed by atoms with Crippen LogP contribution in [0, 0.1) is 15.9 Å². The Kier molecular flexibility index (Phi) is 4.98. The number of nitrogens with one attached hydrogen (secondary N) is 1. The van der Waals surface area contributed by atoms with Gasteiger partial charge in [-0.2, -0.15) is 0 Å². The van der Waals surface area contributed by atoms with Crippen molar-refractivity contribution < 1.29 is 24.0 Å². The van der Waals surface area contributed by atoms with Crippen LogP contribution in [0.3, 0.4) is 0 Å². The summed E-state index contributed by atoms with van der Waals surface area (Å²) in [5.41, 5.74) is -2.01. The summed E-state index contributed by atoms with van der Waals surface area (Å²) >= 11 is 0. The van der Waals surface area contributed by atoms with E-state index in [0.29, 0.717) is 6.54 Å². The SMILES string of the molecule is CCNC(C)(COc1c(F)cccc1[N+](=O)[O-])C(=O)O. The highest BCUT2D eigenvalue weighted by molar-refractivity contribution is 5.78. The molecule has 7 nitrogen and oxygen atoms in total. The lowest BCUT2D eigenvalue weighted by molar-refractivity contribution is -0.386. The van der Waals surface area contributed by atoms with Gasteiger partial charge in [-0.1, -0.05) is 13.0 Å². The molecule has 1 aromatic rings. The molecule has 1 atom stereocenters. The number of halogens is 1. The minimum absolute atomic E-state index is 0.353. The number of benzene rings is 1. The molecule has 20 heavy (non-hydrogen) atoms. The maximum atomic E-state index is 13.6. The van der Waals surface area contributed by atoms with Crippen LogP contribution in [0.2, 0.25) is 0 Å². The van der Waals surface area contributed by atoms with Crippen LogP contribution in [-0.2, 0) is 4.79 Å². The normalized spacial score (nSPS) is 13.6. The lowest BCUT2D eigenvalue weighted by Crippen LogP contribution is -2.53. The first-order valence-corrected chi connectivity index (χ1v) is 5.86. The van der Waals surface area contributed by atoms with Crippen LogP contribution in [-0.4, -0.2) is 34.7 Å². The molecule has 0 aliphatic rings. The first-order valence-electron chi connectivity index (χ1n) is 5.86. The van der Waals surface area contributed by atoms with Gasteiger partial charge in [0.1, 0.15) is 12.1 Å². The third-order valence-electron chi connectivity index (χ3n) is 2.69. The van der Waals surface area contributed by atoms with Crippen molar-refractivity contribution in [1.29, 1.82) is 0 Å². The number of nitrogens with zero attached hydrogens (tertiary/aromatic N) is 1. The molecule has 1 unspecified atom stereocenters. The molecule has 0 aliphatic heterocycles. The van der Waals surface area contributed by atoms with Gasteiger partial charge in [-0.05, 0) is 19.5 Å². The van der Waals surface area contributed by atoms with Gasteiger partial charge in [0.15, 0.2) is 5.82 Å². The Morgan fingerprint density at radius 1 is 1.60 bits per heavy atom. The Bertz CT molecular complexity index is 523. The number of carboxylic acids is 1. The summed E-state index contributed by atoms with van der Waals surface area (Å²) in [5, 5.41) is 22.6. The van der Waals surface area contributed by atoms with Gasteiger partial charge >= 0.3 is 11.7 Å². The molecule has 1 aromatic carbocycles. The number of nitro benzene ring substituents is 1. The van der Waals surface area contributed by atoms with Crippen LogP contribution < -0.4 is 10.1 Å². The number of likely N-dealkylation sites (N-methyl/N-ethyl adjacent to an activating group) is 1. The van der Waals surface area contributed by atoms with E-state index in [1.807, 2.05) is 0 Å². The summed E-state index contributed by atoms with van der Waals surface area (Å²) in [6.45, 7) is 2.96. The van der Waals surface area contributed by atoms with E-state index in [2.05, 4.69) is 5.32 Å². The zero-order chi connectivity index (χ0) is 15.3. The van der Waals surface area contributed by atoms with Crippen LogP contribution in [0.15, 0.2) is 18.2 Å². The van der Waals surface area contributed by atoms with Crippen molar-refractivity contribution in [2.24, 2.45) is 0 Å². The van der Waals surface area contributed by atoms with Crippen molar-refractivity contribution in [2.45, 2.75) is 19.4 Å². The highest BCUT2D eigenvalue weighted by Gasteiger charge is 2.34. The zero-order valence-electron chi connectivity index (χ0n) is 11.1. The molecule has 0 heterocycles. The minimum Gasteiger partial charge on any atom is -0.482 e. The van der Waals surface area contributed by atoms with Crippen molar-refractivity contribution in [3.63, 3.8) is 0 Å². The van der Waals surface area contributed by atoms with E-state index in [9.17, 15) is 19.3 Å². The molecule has 0 bridgehead atoms. The Labute approximate surface area is 114 Å². The molecule has 0 saturated heterocycles. The first kappa shape index (κ1) is 15.8. The number of nitro groups is 1. The van der Waals surface area contributed by atoms with Gasteiger partial charge in [-0.3, -0.25) is 20.2 Å². The molecule has 8 heteroatoms. The second-order valence-corrected chi connectivity index (χ2v) is 4.30. The molecule has 110 valence electrons. The van der Waals surface area contributed by atoms with Crippen LogP contribution in [0.1, 0.15) is 13.8 Å². The largest absolute Gasteiger partial charge is 0.482 e. The van der Waals surface area contributed by atoms with Crippen LogP contribution >= 0.6 is 0 Å². The van der Waals surface area contributed by atoms with Crippen LogP contribution in [0.25, 0.3) is 0 Å². The van der Waals surface area contributed by atoms with Crippen molar-refractivity contribution in [2.75, 3.05) is 13.2 Å². The summed E-state index contributed by atoms with van der Waals surface area (Å²) in [7, 11) is 0. The topological polar surface area (TPSA) is 102 Å². The average molecular weight is 286 g/mol. The van der Waals surface area contributed by atoms with Gasteiger partial charge in [0.25, 0.3) is 0 Å². The quantitative estimate of drug-likeness (QED) is 0.582. The lowest BCUT2D eigenvalue weighted by Gasteiger charge is -2.25. The lowest BCUT2D eigenvalue weighted by atomic mass is 10.0. The number of aliphatic carboxylic acids is 1. The molecule has 0 saturated carbocycles. The predicted octanol–water partition coefficient (Wildman–Crippen LogP) is 1.57. The maximum absolute atomic E-state index is 13.6. The standard InChI is InChI=1S/C12H15FN2O5/c1-3-14-12(2,11(16)17)7-20-10-8(13)5-4-6-9(10)15(18)19/h4-6,14H,3,7H2,1-2H3,(H,16,17). The predicted molar refractivity (Wildman–Crippen MR) is 68.3 cm³/mol. The van der Waals surface area contributed by atoms with Gasteiger partial charge in [-0.25, -0.2) is 4.39 Å². The third-order valence-corrected chi connectivity index (χ3v) is 2.69. The zero-order valence-corrected chi connectivity index (χ0v) is 11.1. The van der Waals surface area contributed by atoms with Crippen molar-refractivity contribution >= 4 is 11.7 Å². The molecular weight excluding hydrogens is 271 g/mol. The van der Waals surface area contributed by atoms with Crippen molar-refractivity contribution in [1.82, 2.24) is 5.32 Å². The Hall–Kier alpha value is -2.22. The fourth-order valence-corrected chi connectivity index (χ4v) is 1.58. The van der Waals surface area contributed by atoms with Gasteiger partial charge < -0.3 is 9.84 Å². The number of hydrogen-bond acceptors (Lipinski definition) is 5. The van der Waals surface area contributed by atoms with E-state index in [1.54, 1.807) is 6.92 Å². The van der Waals surface area contributed by atoms with Gasteiger partial charge in [0, 0.05) is 6.07 Å². The van der Waals surface area contributed by atoms with E-state index in [4.69, 9.17) is 9.84 Å². The van der Waals surface area contributed by atoms with Gasteiger partial charge in [0.2, 0.25) is 5.75 Å². The number of hydrogen-bond donors (Lipinski definition) is 2.